The number of benzene rings is 1. The van der Waals surface area contributed by atoms with E-state index in [0.29, 0.717) is 5.56 Å². The highest BCUT2D eigenvalue weighted by molar-refractivity contribution is 6.01. The quantitative estimate of drug-likeness (QED) is 0.895. The van der Waals surface area contributed by atoms with Crippen LogP contribution in [0.1, 0.15) is 34.9 Å². The molecular formula is C19H22N4O2. The number of rotatable bonds is 4. The topological polar surface area (TPSA) is 68.7 Å². The third kappa shape index (κ3) is 2.93. The molecule has 3 heterocycles. The van der Waals surface area contributed by atoms with Gasteiger partial charge in [0.1, 0.15) is 12.0 Å². The second kappa shape index (κ2) is 6.72. The van der Waals surface area contributed by atoms with Crippen molar-refractivity contribution in [1.82, 2.24) is 9.88 Å². The second-order valence-electron chi connectivity index (χ2n) is 6.46. The molecule has 25 heavy (non-hydrogen) atoms. The molecule has 0 radical (unpaired) electrons. The highest BCUT2D eigenvalue weighted by atomic mass is 16.3. The molecule has 2 aliphatic rings. The van der Waals surface area contributed by atoms with Crippen molar-refractivity contribution in [1.29, 1.82) is 0 Å². The Labute approximate surface area is 147 Å². The van der Waals surface area contributed by atoms with Crippen LogP contribution in [0.3, 0.4) is 0 Å². The summed E-state index contributed by atoms with van der Waals surface area (Å²) in [6.45, 7) is 2.30. The summed E-state index contributed by atoms with van der Waals surface area (Å²) in [5, 5.41) is 12.8. The number of amides is 1. The minimum Gasteiger partial charge on any atom is -0.395 e. The first kappa shape index (κ1) is 15.9. The van der Waals surface area contributed by atoms with E-state index in [-0.39, 0.29) is 25.2 Å². The van der Waals surface area contributed by atoms with Crippen molar-refractivity contribution in [3.63, 3.8) is 0 Å². The van der Waals surface area contributed by atoms with Crippen LogP contribution in [0.5, 0.6) is 0 Å². The zero-order chi connectivity index (χ0) is 17.2. The summed E-state index contributed by atoms with van der Waals surface area (Å²) in [5.74, 6) is 0.912. The van der Waals surface area contributed by atoms with E-state index in [0.717, 1.165) is 30.2 Å². The molecule has 0 bridgehead atoms. The first-order valence-corrected chi connectivity index (χ1v) is 8.76. The number of nitrogens with one attached hydrogen (secondary N) is 1. The van der Waals surface area contributed by atoms with Gasteiger partial charge in [0.2, 0.25) is 0 Å². The normalized spacial score (nSPS) is 19.7. The molecule has 2 aromatic rings. The van der Waals surface area contributed by atoms with Gasteiger partial charge in [-0.2, -0.15) is 0 Å². The highest BCUT2D eigenvalue weighted by Gasteiger charge is 2.32. The molecule has 0 spiro atoms. The molecule has 1 saturated heterocycles. The molecule has 1 amide bonds. The van der Waals surface area contributed by atoms with Gasteiger partial charge in [-0.1, -0.05) is 12.1 Å². The molecular weight excluding hydrogens is 316 g/mol. The molecule has 2 aliphatic heterocycles. The minimum atomic E-state index is -0.324. The lowest BCUT2D eigenvalue weighted by atomic mass is 10.0. The van der Waals surface area contributed by atoms with Crippen molar-refractivity contribution < 1.29 is 9.90 Å². The zero-order valence-electron chi connectivity index (χ0n) is 14.1. The maximum atomic E-state index is 12.8. The van der Waals surface area contributed by atoms with Gasteiger partial charge in [-0.05, 0) is 37.1 Å². The van der Waals surface area contributed by atoms with Crippen molar-refractivity contribution >= 4 is 17.4 Å². The van der Waals surface area contributed by atoms with E-state index in [9.17, 15) is 9.90 Å². The number of fused-ring (bicyclic) bond motifs is 1. The lowest BCUT2D eigenvalue weighted by molar-refractivity contribution is 0.0640. The van der Waals surface area contributed by atoms with Crippen molar-refractivity contribution in [2.75, 3.05) is 36.5 Å². The standard InChI is InChI=1S/C19H22N4O2/c24-12-11-23-18(21-16-6-2-1-5-15(16)19(23)25)14-7-8-17(20-13-14)22-9-3-4-10-22/h1-2,5-8,13,18,21,24H,3-4,9-12H2/t18-/m0/s1. The largest absolute Gasteiger partial charge is 0.395 e. The first-order valence-electron chi connectivity index (χ1n) is 8.76. The van der Waals surface area contributed by atoms with E-state index in [1.807, 2.05) is 36.5 Å². The Kier molecular flexibility index (Phi) is 4.28. The summed E-state index contributed by atoms with van der Waals surface area (Å²) >= 11 is 0. The lowest BCUT2D eigenvalue weighted by Gasteiger charge is -2.37. The van der Waals surface area contributed by atoms with Crippen LogP contribution in [0, 0.1) is 0 Å². The monoisotopic (exact) mass is 338 g/mol. The maximum Gasteiger partial charge on any atom is 0.257 e. The summed E-state index contributed by atoms with van der Waals surface area (Å²) in [7, 11) is 0. The van der Waals surface area contributed by atoms with E-state index >= 15 is 0 Å². The van der Waals surface area contributed by atoms with Gasteiger partial charge in [0.15, 0.2) is 0 Å². The van der Waals surface area contributed by atoms with E-state index in [1.54, 1.807) is 11.0 Å². The van der Waals surface area contributed by atoms with Gasteiger partial charge < -0.3 is 20.2 Å². The van der Waals surface area contributed by atoms with Gasteiger partial charge in [0, 0.05) is 37.1 Å². The Balaban J connectivity index is 1.64. The van der Waals surface area contributed by atoms with Crippen LogP contribution in [-0.2, 0) is 0 Å². The van der Waals surface area contributed by atoms with Crippen LogP contribution < -0.4 is 10.2 Å². The number of β-amino-alcohol motifs (C(OH)–C–C–N with tert-alkyl or cyclic N) is 1. The average molecular weight is 338 g/mol. The maximum absolute atomic E-state index is 12.8. The summed E-state index contributed by atoms with van der Waals surface area (Å²) in [4.78, 5) is 21.4. The fourth-order valence-electron chi connectivity index (χ4n) is 3.59. The molecule has 1 atom stereocenters. The van der Waals surface area contributed by atoms with Gasteiger partial charge in [-0.15, -0.1) is 0 Å². The number of para-hydroxylation sites is 1. The van der Waals surface area contributed by atoms with E-state index in [4.69, 9.17) is 0 Å². The first-order chi connectivity index (χ1) is 12.3. The number of carbonyl (C=O) groups is 1. The number of hydrogen-bond acceptors (Lipinski definition) is 5. The molecule has 0 aliphatic carbocycles. The van der Waals surface area contributed by atoms with Crippen molar-refractivity contribution in [3.05, 3.63) is 53.7 Å². The molecule has 6 heteroatoms. The number of aliphatic hydroxyl groups is 1. The molecule has 0 unspecified atom stereocenters. The SMILES string of the molecule is O=C1c2ccccc2N[C@H](c2ccc(N3CCCC3)nc2)N1CCO. The lowest BCUT2D eigenvalue weighted by Crippen LogP contribution is -2.44. The summed E-state index contributed by atoms with van der Waals surface area (Å²) in [6, 6.07) is 11.5. The predicted molar refractivity (Wildman–Crippen MR) is 96.6 cm³/mol. The van der Waals surface area contributed by atoms with Gasteiger partial charge in [-0.3, -0.25) is 4.79 Å². The fourth-order valence-corrected chi connectivity index (χ4v) is 3.59. The Morgan fingerprint density at radius 1 is 1.16 bits per heavy atom. The van der Waals surface area contributed by atoms with E-state index < -0.39 is 0 Å². The molecule has 1 aromatic heterocycles. The van der Waals surface area contributed by atoms with Gasteiger partial charge >= 0.3 is 0 Å². The van der Waals surface area contributed by atoms with Crippen LogP contribution >= 0.6 is 0 Å². The second-order valence-corrected chi connectivity index (χ2v) is 6.46. The van der Waals surface area contributed by atoms with Gasteiger partial charge in [0.25, 0.3) is 5.91 Å². The van der Waals surface area contributed by atoms with Gasteiger partial charge in [-0.25, -0.2) is 4.98 Å². The van der Waals surface area contributed by atoms with Crippen molar-refractivity contribution in [2.24, 2.45) is 0 Å². The molecule has 0 saturated carbocycles. The van der Waals surface area contributed by atoms with Crippen molar-refractivity contribution in [2.45, 2.75) is 19.0 Å². The zero-order valence-corrected chi connectivity index (χ0v) is 14.1. The number of carbonyl (C=O) groups excluding carboxylic acids is 1. The fraction of sp³-hybridized carbons (Fsp3) is 0.368. The summed E-state index contributed by atoms with van der Waals surface area (Å²) in [5.41, 5.74) is 2.36. The summed E-state index contributed by atoms with van der Waals surface area (Å²) in [6.07, 6.45) is 3.93. The van der Waals surface area contributed by atoms with Crippen molar-refractivity contribution in [3.8, 4) is 0 Å². The number of nitrogens with zero attached hydrogens (tertiary/aromatic N) is 3. The number of aliphatic hydroxyl groups excluding tert-OH is 1. The third-order valence-corrected chi connectivity index (χ3v) is 4.88. The van der Waals surface area contributed by atoms with E-state index in [1.165, 1.54) is 12.8 Å². The molecule has 6 nitrogen and oxygen atoms in total. The number of aromatic nitrogens is 1. The molecule has 1 aromatic carbocycles. The molecule has 130 valence electrons. The predicted octanol–water partition coefficient (Wildman–Crippen LogP) is 2.24. The molecule has 4 rings (SSSR count). The number of anilines is 2. The van der Waals surface area contributed by atoms with Crippen LogP contribution in [-0.4, -0.2) is 47.1 Å². The van der Waals surface area contributed by atoms with E-state index in [2.05, 4.69) is 15.2 Å². The number of pyridine rings is 1. The smallest absolute Gasteiger partial charge is 0.257 e. The van der Waals surface area contributed by atoms with Crippen LogP contribution in [0.4, 0.5) is 11.5 Å². The van der Waals surface area contributed by atoms with Crippen LogP contribution in [0.25, 0.3) is 0 Å². The highest BCUT2D eigenvalue weighted by Crippen LogP contribution is 2.33. The summed E-state index contributed by atoms with van der Waals surface area (Å²) < 4.78 is 0. The Hall–Kier alpha value is -2.60. The Morgan fingerprint density at radius 3 is 2.68 bits per heavy atom. The molecule has 1 fully saturated rings. The molecule has 2 N–H and O–H groups in total. The average Bonchev–Trinajstić information content (AvgIpc) is 3.19. The number of hydrogen-bond donors (Lipinski definition) is 2. The Bertz CT molecular complexity index is 756. The Morgan fingerprint density at radius 2 is 1.96 bits per heavy atom. The van der Waals surface area contributed by atoms with Crippen LogP contribution in [0.2, 0.25) is 0 Å². The van der Waals surface area contributed by atoms with Gasteiger partial charge in [0.05, 0.1) is 12.2 Å². The minimum absolute atomic E-state index is 0.0722. The third-order valence-electron chi connectivity index (χ3n) is 4.88. The van der Waals surface area contributed by atoms with Crippen LogP contribution in [0.15, 0.2) is 42.6 Å².